The van der Waals surface area contributed by atoms with E-state index in [0.29, 0.717) is 12.8 Å². The first-order valence-electron chi connectivity index (χ1n) is 7.82. The van der Waals surface area contributed by atoms with Crippen molar-refractivity contribution in [2.45, 2.75) is 56.5 Å². The molecule has 0 aromatic heterocycles. The molecular weight excluding hydrogens is 278 g/mol. The third kappa shape index (κ3) is 2.56. The van der Waals surface area contributed by atoms with Gasteiger partial charge in [-0.25, -0.2) is 4.79 Å². The fourth-order valence-corrected chi connectivity index (χ4v) is 3.43. The molecule has 1 saturated carbocycles. The van der Waals surface area contributed by atoms with Gasteiger partial charge in [-0.1, -0.05) is 38.1 Å². The minimum absolute atomic E-state index is 0.00359. The van der Waals surface area contributed by atoms with Gasteiger partial charge in [0, 0.05) is 0 Å². The van der Waals surface area contributed by atoms with Crippen LogP contribution in [0.3, 0.4) is 0 Å². The van der Waals surface area contributed by atoms with Crippen molar-refractivity contribution in [3.8, 4) is 0 Å². The van der Waals surface area contributed by atoms with Crippen LogP contribution in [0.25, 0.3) is 0 Å². The number of carbonyl (C=O) groups excluding carboxylic acids is 2. The number of hydrogen-bond acceptors (Lipinski definition) is 2. The minimum atomic E-state index is -0.784. The van der Waals surface area contributed by atoms with Crippen LogP contribution in [0, 0.1) is 0 Å². The molecule has 1 atom stereocenters. The number of primary amides is 1. The summed E-state index contributed by atoms with van der Waals surface area (Å²) in [6.45, 7) is 4.47. The van der Waals surface area contributed by atoms with Gasteiger partial charge >= 0.3 is 6.03 Å². The molecule has 0 spiro atoms. The number of fused-ring (bicyclic) bond motifs is 1. The molecule has 0 bridgehead atoms. The number of hydrogen-bond donors (Lipinski definition) is 3. The molecule has 3 rings (SSSR count). The maximum Gasteiger partial charge on any atom is 0.313 e. The number of nitrogens with two attached hydrogens (primary N) is 1. The van der Waals surface area contributed by atoms with Gasteiger partial charge in [0.1, 0.15) is 5.54 Å². The summed E-state index contributed by atoms with van der Waals surface area (Å²) in [7, 11) is 0. The Labute approximate surface area is 130 Å². The molecule has 5 heteroatoms. The predicted octanol–water partition coefficient (Wildman–Crippen LogP) is 2.12. The van der Waals surface area contributed by atoms with Gasteiger partial charge in [-0.15, -0.1) is 0 Å². The number of urea groups is 1. The zero-order valence-corrected chi connectivity index (χ0v) is 13.1. The summed E-state index contributed by atoms with van der Waals surface area (Å²) in [5.41, 5.74) is 6.99. The van der Waals surface area contributed by atoms with E-state index in [1.54, 1.807) is 0 Å². The molecule has 0 radical (unpaired) electrons. The lowest BCUT2D eigenvalue weighted by atomic mass is 9.71. The van der Waals surface area contributed by atoms with E-state index < -0.39 is 11.6 Å². The summed E-state index contributed by atoms with van der Waals surface area (Å²) in [4.78, 5) is 23.6. The van der Waals surface area contributed by atoms with Crippen LogP contribution >= 0.6 is 0 Å². The normalized spacial score (nSPS) is 24.0. The van der Waals surface area contributed by atoms with Crippen molar-refractivity contribution in [2.75, 3.05) is 0 Å². The average molecular weight is 301 g/mol. The predicted molar refractivity (Wildman–Crippen MR) is 84.3 cm³/mol. The molecule has 1 fully saturated rings. The summed E-state index contributed by atoms with van der Waals surface area (Å²) in [6.07, 6.45) is 3.23. The maximum absolute atomic E-state index is 12.5. The summed E-state index contributed by atoms with van der Waals surface area (Å²) in [6, 6.07) is 7.64. The largest absolute Gasteiger partial charge is 0.352 e. The Morgan fingerprint density at radius 1 is 1.18 bits per heavy atom. The standard InChI is InChI=1S/C17H23N3O2/c1-16(2)8-7-13(11-5-3-4-6-12(11)16)19-14(21)17(9-10-17)20-15(18)22/h3-6,13H,7-10H2,1-2H3,(H,19,21)(H3,18,20,22). The highest BCUT2D eigenvalue weighted by Crippen LogP contribution is 2.42. The second-order valence-corrected chi connectivity index (χ2v) is 7.11. The van der Waals surface area contributed by atoms with Gasteiger partial charge in [0.2, 0.25) is 5.91 Å². The highest BCUT2D eigenvalue weighted by molar-refractivity contribution is 5.93. The molecule has 1 aromatic carbocycles. The van der Waals surface area contributed by atoms with E-state index in [9.17, 15) is 9.59 Å². The molecular formula is C17H23N3O2. The van der Waals surface area contributed by atoms with Crippen LogP contribution in [-0.2, 0) is 10.2 Å². The van der Waals surface area contributed by atoms with E-state index in [1.807, 2.05) is 12.1 Å². The van der Waals surface area contributed by atoms with Gasteiger partial charge in [-0.05, 0) is 42.2 Å². The third-order valence-electron chi connectivity index (χ3n) is 4.98. The smallest absolute Gasteiger partial charge is 0.313 e. The first-order chi connectivity index (χ1) is 10.3. The zero-order chi connectivity index (χ0) is 16.0. The number of rotatable bonds is 3. The molecule has 0 heterocycles. The number of carbonyl (C=O) groups is 2. The minimum Gasteiger partial charge on any atom is -0.352 e. The van der Waals surface area contributed by atoms with E-state index in [2.05, 4.69) is 36.6 Å². The van der Waals surface area contributed by atoms with Crippen molar-refractivity contribution in [3.05, 3.63) is 35.4 Å². The molecule has 0 aliphatic heterocycles. The first-order valence-corrected chi connectivity index (χ1v) is 7.82. The van der Waals surface area contributed by atoms with E-state index in [0.717, 1.165) is 12.8 Å². The molecule has 1 unspecified atom stereocenters. The Morgan fingerprint density at radius 3 is 2.50 bits per heavy atom. The monoisotopic (exact) mass is 301 g/mol. The van der Waals surface area contributed by atoms with Crippen molar-refractivity contribution in [1.29, 1.82) is 0 Å². The van der Waals surface area contributed by atoms with Gasteiger partial charge < -0.3 is 16.4 Å². The second kappa shape index (κ2) is 5.00. The fraction of sp³-hybridized carbons (Fsp3) is 0.529. The van der Waals surface area contributed by atoms with Crippen molar-refractivity contribution >= 4 is 11.9 Å². The topological polar surface area (TPSA) is 84.2 Å². The van der Waals surface area contributed by atoms with Crippen molar-refractivity contribution < 1.29 is 9.59 Å². The van der Waals surface area contributed by atoms with E-state index in [4.69, 9.17) is 5.73 Å². The Hall–Kier alpha value is -2.04. The molecule has 118 valence electrons. The Kier molecular flexibility index (Phi) is 3.38. The van der Waals surface area contributed by atoms with E-state index in [1.165, 1.54) is 11.1 Å². The van der Waals surface area contributed by atoms with Crippen LogP contribution in [0.2, 0.25) is 0 Å². The summed E-state index contributed by atoms with van der Waals surface area (Å²) < 4.78 is 0. The molecule has 22 heavy (non-hydrogen) atoms. The van der Waals surface area contributed by atoms with Crippen molar-refractivity contribution in [1.82, 2.24) is 10.6 Å². The van der Waals surface area contributed by atoms with Crippen LogP contribution in [0.1, 0.15) is 56.7 Å². The summed E-state index contributed by atoms with van der Waals surface area (Å²) in [5, 5.41) is 5.70. The molecule has 3 amide bonds. The first kappa shape index (κ1) is 14.9. The number of amides is 3. The summed E-state index contributed by atoms with van der Waals surface area (Å²) in [5.74, 6) is -0.120. The molecule has 4 N–H and O–H groups in total. The molecule has 5 nitrogen and oxygen atoms in total. The average Bonchev–Trinajstić information content (AvgIpc) is 3.22. The Bertz CT molecular complexity index is 620. The van der Waals surface area contributed by atoms with Gasteiger partial charge in [0.25, 0.3) is 0 Å². The second-order valence-electron chi connectivity index (χ2n) is 7.11. The lowest BCUT2D eigenvalue weighted by molar-refractivity contribution is -0.124. The van der Waals surface area contributed by atoms with Gasteiger partial charge in [-0.2, -0.15) is 0 Å². The molecule has 1 aromatic rings. The van der Waals surface area contributed by atoms with Gasteiger partial charge in [-0.3, -0.25) is 4.79 Å². The van der Waals surface area contributed by atoms with E-state index in [-0.39, 0.29) is 17.4 Å². The maximum atomic E-state index is 12.5. The van der Waals surface area contributed by atoms with Crippen molar-refractivity contribution in [2.24, 2.45) is 5.73 Å². The number of benzene rings is 1. The van der Waals surface area contributed by atoms with E-state index >= 15 is 0 Å². The summed E-state index contributed by atoms with van der Waals surface area (Å²) >= 11 is 0. The van der Waals surface area contributed by atoms with Crippen LogP contribution in [-0.4, -0.2) is 17.5 Å². The van der Waals surface area contributed by atoms with Gasteiger partial charge in [0.05, 0.1) is 6.04 Å². The zero-order valence-electron chi connectivity index (χ0n) is 13.1. The SMILES string of the molecule is CC1(C)CCC(NC(=O)C2(NC(N)=O)CC2)c2ccccc21. The van der Waals surface area contributed by atoms with Gasteiger partial charge in [0.15, 0.2) is 0 Å². The number of nitrogens with one attached hydrogen (secondary N) is 2. The fourth-order valence-electron chi connectivity index (χ4n) is 3.43. The highest BCUT2D eigenvalue weighted by atomic mass is 16.2. The van der Waals surface area contributed by atoms with Crippen LogP contribution < -0.4 is 16.4 Å². The van der Waals surface area contributed by atoms with Crippen LogP contribution in [0.5, 0.6) is 0 Å². The highest BCUT2D eigenvalue weighted by Gasteiger charge is 2.51. The lowest BCUT2D eigenvalue weighted by Crippen LogP contribution is -2.52. The molecule has 2 aliphatic rings. The van der Waals surface area contributed by atoms with Crippen LogP contribution in [0.15, 0.2) is 24.3 Å². The molecule has 0 saturated heterocycles. The van der Waals surface area contributed by atoms with Crippen LogP contribution in [0.4, 0.5) is 4.79 Å². The Morgan fingerprint density at radius 2 is 1.86 bits per heavy atom. The molecule has 2 aliphatic carbocycles. The Balaban J connectivity index is 1.80. The third-order valence-corrected chi connectivity index (χ3v) is 4.98. The van der Waals surface area contributed by atoms with Crippen molar-refractivity contribution in [3.63, 3.8) is 0 Å². The lowest BCUT2D eigenvalue weighted by Gasteiger charge is -2.37. The quantitative estimate of drug-likeness (QED) is 0.799.